The second-order valence-corrected chi connectivity index (χ2v) is 6.15. The van der Waals surface area contributed by atoms with Gasteiger partial charge < -0.3 is 5.11 Å². The lowest BCUT2D eigenvalue weighted by Gasteiger charge is -2.27. The van der Waals surface area contributed by atoms with Crippen LogP contribution in [0.4, 0.5) is 0 Å². The SMILES string of the molecule is CCC1CCCC(O)(c2ccc3cccnc3c2)CC1. The number of hydrogen-bond acceptors (Lipinski definition) is 2. The Morgan fingerprint density at radius 1 is 1.25 bits per heavy atom. The lowest BCUT2D eigenvalue weighted by atomic mass is 9.85. The molecule has 2 aromatic rings. The highest BCUT2D eigenvalue weighted by molar-refractivity contribution is 5.79. The number of aliphatic hydroxyl groups is 1. The summed E-state index contributed by atoms with van der Waals surface area (Å²) in [5.74, 6) is 0.780. The van der Waals surface area contributed by atoms with Gasteiger partial charge in [0.2, 0.25) is 0 Å². The van der Waals surface area contributed by atoms with E-state index in [0.717, 1.165) is 48.1 Å². The molecule has 2 unspecified atom stereocenters. The van der Waals surface area contributed by atoms with Gasteiger partial charge in [0.1, 0.15) is 0 Å². The van der Waals surface area contributed by atoms with Gasteiger partial charge in [0.05, 0.1) is 11.1 Å². The maximum atomic E-state index is 11.1. The van der Waals surface area contributed by atoms with Gasteiger partial charge in [-0.05, 0) is 49.3 Å². The molecular formula is C18H23NO. The fourth-order valence-electron chi connectivity index (χ4n) is 3.45. The summed E-state index contributed by atoms with van der Waals surface area (Å²) in [5, 5.41) is 12.2. The molecule has 2 nitrogen and oxygen atoms in total. The largest absolute Gasteiger partial charge is 0.385 e. The Labute approximate surface area is 120 Å². The molecular weight excluding hydrogens is 246 g/mol. The van der Waals surface area contributed by atoms with Crippen LogP contribution in [0.25, 0.3) is 10.9 Å². The Bertz CT molecular complexity index is 595. The standard InChI is InChI=1S/C18H23NO/c1-2-14-5-3-10-18(20,11-9-14)16-8-7-15-6-4-12-19-17(15)13-16/h4,6-8,12-14,20H,2-3,5,9-11H2,1H3. The van der Waals surface area contributed by atoms with Crippen molar-refractivity contribution in [3.63, 3.8) is 0 Å². The highest BCUT2D eigenvalue weighted by atomic mass is 16.3. The molecule has 1 N–H and O–H groups in total. The van der Waals surface area contributed by atoms with E-state index in [1.807, 2.05) is 12.3 Å². The molecule has 1 aliphatic carbocycles. The summed E-state index contributed by atoms with van der Waals surface area (Å²) in [5.41, 5.74) is 1.37. The van der Waals surface area contributed by atoms with Gasteiger partial charge in [0.15, 0.2) is 0 Å². The number of fused-ring (bicyclic) bond motifs is 1. The van der Waals surface area contributed by atoms with E-state index < -0.39 is 5.60 Å². The molecule has 0 radical (unpaired) electrons. The summed E-state index contributed by atoms with van der Waals surface area (Å²) >= 11 is 0. The zero-order valence-corrected chi connectivity index (χ0v) is 12.2. The van der Waals surface area contributed by atoms with Crippen LogP contribution >= 0.6 is 0 Å². The third-order valence-corrected chi connectivity index (χ3v) is 4.89. The Morgan fingerprint density at radius 3 is 3.00 bits per heavy atom. The minimum absolute atomic E-state index is 0.657. The zero-order chi connectivity index (χ0) is 14.0. The first kappa shape index (κ1) is 13.6. The molecule has 1 heterocycles. The number of nitrogens with zero attached hydrogens (tertiary/aromatic N) is 1. The van der Waals surface area contributed by atoms with Crippen molar-refractivity contribution in [2.75, 3.05) is 0 Å². The topological polar surface area (TPSA) is 33.1 Å². The lowest BCUT2D eigenvalue weighted by Crippen LogP contribution is -2.24. The van der Waals surface area contributed by atoms with Gasteiger partial charge in [0.25, 0.3) is 0 Å². The van der Waals surface area contributed by atoms with Crippen molar-refractivity contribution in [3.8, 4) is 0 Å². The van der Waals surface area contributed by atoms with Gasteiger partial charge in [-0.2, -0.15) is 0 Å². The average Bonchev–Trinajstić information content (AvgIpc) is 2.69. The molecule has 20 heavy (non-hydrogen) atoms. The van der Waals surface area contributed by atoms with Crippen LogP contribution in [0.2, 0.25) is 0 Å². The van der Waals surface area contributed by atoms with Crippen LogP contribution in [-0.2, 0) is 5.60 Å². The number of pyridine rings is 1. The summed E-state index contributed by atoms with van der Waals surface area (Å²) in [4.78, 5) is 4.41. The van der Waals surface area contributed by atoms with Crippen LogP contribution in [-0.4, -0.2) is 10.1 Å². The van der Waals surface area contributed by atoms with Crippen molar-refractivity contribution in [2.45, 2.75) is 51.0 Å². The van der Waals surface area contributed by atoms with Gasteiger partial charge in [-0.25, -0.2) is 0 Å². The first-order valence-electron chi connectivity index (χ1n) is 7.79. The van der Waals surface area contributed by atoms with E-state index in [1.54, 1.807) is 0 Å². The van der Waals surface area contributed by atoms with E-state index >= 15 is 0 Å². The average molecular weight is 269 g/mol. The van der Waals surface area contributed by atoms with Crippen molar-refractivity contribution in [1.82, 2.24) is 4.98 Å². The van der Waals surface area contributed by atoms with E-state index in [-0.39, 0.29) is 0 Å². The molecule has 1 aromatic heterocycles. The van der Waals surface area contributed by atoms with E-state index in [9.17, 15) is 5.11 Å². The summed E-state index contributed by atoms with van der Waals surface area (Å²) in [6.45, 7) is 2.26. The second-order valence-electron chi connectivity index (χ2n) is 6.15. The molecule has 0 amide bonds. The van der Waals surface area contributed by atoms with Crippen LogP contribution in [0, 0.1) is 5.92 Å². The van der Waals surface area contributed by atoms with E-state index in [0.29, 0.717) is 0 Å². The molecule has 0 spiro atoms. The third kappa shape index (κ3) is 2.57. The van der Waals surface area contributed by atoms with Crippen LogP contribution < -0.4 is 0 Å². The molecule has 1 aliphatic rings. The Balaban J connectivity index is 1.92. The minimum atomic E-state index is -0.657. The normalized spacial score (nSPS) is 27.4. The quantitative estimate of drug-likeness (QED) is 0.819. The third-order valence-electron chi connectivity index (χ3n) is 4.89. The van der Waals surface area contributed by atoms with Crippen molar-refractivity contribution >= 4 is 10.9 Å². The summed E-state index contributed by atoms with van der Waals surface area (Å²) < 4.78 is 0. The summed E-state index contributed by atoms with van der Waals surface area (Å²) in [6, 6.07) is 10.3. The van der Waals surface area contributed by atoms with Gasteiger partial charge in [-0.3, -0.25) is 4.98 Å². The predicted molar refractivity (Wildman–Crippen MR) is 82.5 cm³/mol. The van der Waals surface area contributed by atoms with Crippen molar-refractivity contribution in [3.05, 3.63) is 42.1 Å². The van der Waals surface area contributed by atoms with E-state index in [1.165, 1.54) is 12.8 Å². The zero-order valence-electron chi connectivity index (χ0n) is 12.2. The molecule has 0 saturated heterocycles. The predicted octanol–water partition coefficient (Wildman–Crippen LogP) is 4.41. The highest BCUT2D eigenvalue weighted by Gasteiger charge is 2.32. The maximum Gasteiger partial charge on any atom is 0.0897 e. The molecule has 0 aliphatic heterocycles. The van der Waals surface area contributed by atoms with E-state index in [2.05, 4.69) is 36.2 Å². The van der Waals surface area contributed by atoms with Gasteiger partial charge >= 0.3 is 0 Å². The van der Waals surface area contributed by atoms with Crippen molar-refractivity contribution < 1.29 is 5.11 Å². The van der Waals surface area contributed by atoms with Crippen LogP contribution in [0.5, 0.6) is 0 Å². The number of rotatable bonds is 2. The summed E-state index contributed by atoms with van der Waals surface area (Å²) in [6.07, 6.45) is 8.31. The molecule has 2 atom stereocenters. The van der Waals surface area contributed by atoms with Gasteiger partial charge in [-0.1, -0.05) is 38.0 Å². The fourth-order valence-corrected chi connectivity index (χ4v) is 3.45. The van der Waals surface area contributed by atoms with Gasteiger partial charge in [0, 0.05) is 11.6 Å². The highest BCUT2D eigenvalue weighted by Crippen LogP contribution is 2.39. The van der Waals surface area contributed by atoms with Crippen LogP contribution in [0.3, 0.4) is 0 Å². The smallest absolute Gasteiger partial charge is 0.0897 e. The Hall–Kier alpha value is -1.41. The van der Waals surface area contributed by atoms with E-state index in [4.69, 9.17) is 0 Å². The molecule has 0 bridgehead atoms. The minimum Gasteiger partial charge on any atom is -0.385 e. The second kappa shape index (κ2) is 5.53. The molecule has 1 saturated carbocycles. The van der Waals surface area contributed by atoms with Crippen LogP contribution in [0.15, 0.2) is 36.5 Å². The number of aromatic nitrogens is 1. The fraction of sp³-hybridized carbons (Fsp3) is 0.500. The summed E-state index contributed by atoms with van der Waals surface area (Å²) in [7, 11) is 0. The first-order valence-corrected chi connectivity index (χ1v) is 7.79. The Morgan fingerprint density at radius 2 is 2.15 bits per heavy atom. The van der Waals surface area contributed by atoms with Crippen LogP contribution in [0.1, 0.15) is 51.0 Å². The molecule has 1 aromatic carbocycles. The molecule has 3 rings (SSSR count). The molecule has 106 valence electrons. The molecule has 1 fully saturated rings. The lowest BCUT2D eigenvalue weighted by molar-refractivity contribution is 0.0197. The monoisotopic (exact) mass is 269 g/mol. The first-order chi connectivity index (χ1) is 9.71. The van der Waals surface area contributed by atoms with Gasteiger partial charge in [-0.15, -0.1) is 0 Å². The van der Waals surface area contributed by atoms with Crippen molar-refractivity contribution in [2.24, 2.45) is 5.92 Å². The number of hydrogen-bond donors (Lipinski definition) is 1. The Kier molecular flexibility index (Phi) is 3.75. The van der Waals surface area contributed by atoms with Crippen molar-refractivity contribution in [1.29, 1.82) is 0 Å². The number of benzene rings is 1. The maximum absolute atomic E-state index is 11.1. The molecule has 2 heteroatoms.